The fraction of sp³-hybridized carbons (Fsp3) is 0. The maximum absolute atomic E-state index is 12.9. The summed E-state index contributed by atoms with van der Waals surface area (Å²) in [5.74, 6) is 0. The first-order chi connectivity index (χ1) is 12.3. The Labute approximate surface area is 144 Å². The van der Waals surface area contributed by atoms with Crippen molar-refractivity contribution in [1.29, 1.82) is 0 Å². The zero-order valence-corrected chi connectivity index (χ0v) is 13.5. The van der Waals surface area contributed by atoms with Crippen molar-refractivity contribution in [2.24, 2.45) is 0 Å². The van der Waals surface area contributed by atoms with Crippen molar-refractivity contribution < 1.29 is 0 Å². The second-order valence-electron chi connectivity index (χ2n) is 6.20. The predicted molar refractivity (Wildman–Crippen MR) is 105 cm³/mol. The van der Waals surface area contributed by atoms with Crippen molar-refractivity contribution in [2.45, 2.75) is 0 Å². The maximum Gasteiger partial charge on any atom is 0.197 e. The number of fused-ring (bicyclic) bond motifs is 3. The van der Waals surface area contributed by atoms with Crippen LogP contribution in [0.25, 0.3) is 38.3 Å². The van der Waals surface area contributed by atoms with Crippen LogP contribution in [0.1, 0.15) is 0 Å². The lowest BCUT2D eigenvalue weighted by Gasteiger charge is -2.17. The van der Waals surface area contributed by atoms with Crippen molar-refractivity contribution in [3.8, 4) is 5.69 Å². The topological polar surface area (TPSA) is 22.0 Å². The summed E-state index contributed by atoms with van der Waals surface area (Å²) in [5.41, 5.74) is 3.04. The van der Waals surface area contributed by atoms with E-state index in [4.69, 9.17) is 0 Å². The smallest absolute Gasteiger partial charge is 0.197 e. The molecule has 0 radical (unpaired) electrons. The van der Waals surface area contributed by atoms with E-state index in [1.165, 1.54) is 10.8 Å². The Balaban J connectivity index is 2.08. The van der Waals surface area contributed by atoms with E-state index >= 15 is 0 Å². The van der Waals surface area contributed by atoms with Gasteiger partial charge < -0.3 is 4.57 Å². The predicted octanol–water partition coefficient (Wildman–Crippen LogP) is 5.30. The van der Waals surface area contributed by atoms with Crippen LogP contribution in [-0.4, -0.2) is 4.57 Å². The van der Waals surface area contributed by atoms with E-state index in [1.807, 2.05) is 54.6 Å². The average Bonchev–Trinajstić information content (AvgIpc) is 2.68. The van der Waals surface area contributed by atoms with Gasteiger partial charge in [-0.15, -0.1) is 0 Å². The SMILES string of the molecule is O=c1c2ccccc2n(-c2cccc3ccccc23)c2ccccc12. The Morgan fingerprint density at radius 1 is 0.520 bits per heavy atom. The largest absolute Gasteiger partial charge is 0.308 e. The molecule has 0 aliphatic rings. The lowest BCUT2D eigenvalue weighted by atomic mass is 10.1. The normalized spacial score (nSPS) is 11.4. The molecule has 5 aromatic rings. The van der Waals surface area contributed by atoms with Gasteiger partial charge in [-0.2, -0.15) is 0 Å². The summed E-state index contributed by atoms with van der Waals surface area (Å²) >= 11 is 0. The molecule has 5 rings (SSSR count). The molecule has 0 aliphatic heterocycles. The van der Waals surface area contributed by atoms with Gasteiger partial charge in [-0.3, -0.25) is 4.79 Å². The number of para-hydroxylation sites is 2. The molecular weight excluding hydrogens is 306 g/mol. The first kappa shape index (κ1) is 14.0. The Morgan fingerprint density at radius 2 is 1.04 bits per heavy atom. The lowest BCUT2D eigenvalue weighted by molar-refractivity contribution is 1.18. The zero-order valence-electron chi connectivity index (χ0n) is 13.5. The van der Waals surface area contributed by atoms with Gasteiger partial charge in [0, 0.05) is 16.2 Å². The van der Waals surface area contributed by atoms with Gasteiger partial charge in [0.1, 0.15) is 0 Å². The van der Waals surface area contributed by atoms with Crippen LogP contribution in [0.4, 0.5) is 0 Å². The van der Waals surface area contributed by atoms with Crippen molar-refractivity contribution >= 4 is 32.6 Å². The van der Waals surface area contributed by atoms with Crippen LogP contribution in [0.15, 0.2) is 95.8 Å². The molecule has 0 bridgehead atoms. The lowest BCUT2D eigenvalue weighted by Crippen LogP contribution is -2.10. The van der Waals surface area contributed by atoms with Crippen LogP contribution in [0.3, 0.4) is 0 Å². The van der Waals surface area contributed by atoms with Crippen LogP contribution >= 0.6 is 0 Å². The first-order valence-electron chi connectivity index (χ1n) is 8.35. The van der Waals surface area contributed by atoms with Crippen molar-refractivity contribution in [1.82, 2.24) is 4.57 Å². The van der Waals surface area contributed by atoms with Gasteiger partial charge in [-0.25, -0.2) is 0 Å². The summed E-state index contributed by atoms with van der Waals surface area (Å²) in [7, 11) is 0. The average molecular weight is 321 g/mol. The number of rotatable bonds is 1. The Kier molecular flexibility index (Phi) is 2.98. The summed E-state index contributed by atoms with van der Waals surface area (Å²) < 4.78 is 2.20. The molecule has 1 heterocycles. The summed E-state index contributed by atoms with van der Waals surface area (Å²) in [4.78, 5) is 12.9. The highest BCUT2D eigenvalue weighted by Crippen LogP contribution is 2.28. The second-order valence-corrected chi connectivity index (χ2v) is 6.20. The van der Waals surface area contributed by atoms with Gasteiger partial charge >= 0.3 is 0 Å². The van der Waals surface area contributed by atoms with Gasteiger partial charge in [0.05, 0.1) is 16.7 Å². The molecule has 0 spiro atoms. The number of benzene rings is 4. The van der Waals surface area contributed by atoms with Crippen molar-refractivity contribution in [3.05, 3.63) is 101 Å². The van der Waals surface area contributed by atoms with Crippen LogP contribution in [0, 0.1) is 0 Å². The third-order valence-electron chi connectivity index (χ3n) is 4.79. The van der Waals surface area contributed by atoms with Gasteiger partial charge in [-0.05, 0) is 35.7 Å². The van der Waals surface area contributed by atoms with Crippen molar-refractivity contribution in [2.75, 3.05) is 0 Å². The highest BCUT2D eigenvalue weighted by Gasteiger charge is 2.13. The molecule has 118 valence electrons. The number of aromatic nitrogens is 1. The van der Waals surface area contributed by atoms with Crippen LogP contribution in [-0.2, 0) is 0 Å². The molecule has 0 saturated carbocycles. The molecule has 2 heteroatoms. The van der Waals surface area contributed by atoms with Gasteiger partial charge in [-0.1, -0.05) is 60.7 Å². The quantitative estimate of drug-likeness (QED) is 0.384. The molecule has 2 nitrogen and oxygen atoms in total. The Morgan fingerprint density at radius 3 is 1.72 bits per heavy atom. The van der Waals surface area contributed by atoms with E-state index in [0.717, 1.165) is 27.5 Å². The molecule has 0 amide bonds. The highest BCUT2D eigenvalue weighted by molar-refractivity contribution is 5.99. The summed E-state index contributed by atoms with van der Waals surface area (Å²) in [5, 5.41) is 3.85. The molecule has 0 fully saturated rings. The van der Waals surface area contributed by atoms with E-state index in [1.54, 1.807) is 0 Å². The minimum atomic E-state index is 0.0858. The molecule has 4 aromatic carbocycles. The summed E-state index contributed by atoms with van der Waals surface area (Å²) in [6.07, 6.45) is 0. The van der Waals surface area contributed by atoms with E-state index in [-0.39, 0.29) is 5.43 Å². The Hall–Kier alpha value is -3.39. The van der Waals surface area contributed by atoms with E-state index in [0.29, 0.717) is 0 Å². The number of nitrogens with zero attached hydrogens (tertiary/aromatic N) is 1. The minimum absolute atomic E-state index is 0.0858. The summed E-state index contributed by atoms with van der Waals surface area (Å²) in [6, 6.07) is 30.3. The first-order valence-corrected chi connectivity index (χ1v) is 8.35. The standard InChI is InChI=1S/C23H15NO/c25-23-18-11-3-5-13-21(18)24(22-14-6-4-12-19(22)23)20-15-7-9-16-8-1-2-10-17(16)20/h1-15H. The molecule has 0 N–H and O–H groups in total. The third kappa shape index (κ3) is 2.01. The van der Waals surface area contributed by atoms with Gasteiger partial charge in [0.2, 0.25) is 0 Å². The number of pyridine rings is 1. The van der Waals surface area contributed by atoms with Gasteiger partial charge in [0.15, 0.2) is 5.43 Å². The molecule has 1 aromatic heterocycles. The number of hydrogen-bond donors (Lipinski definition) is 0. The van der Waals surface area contributed by atoms with Gasteiger partial charge in [0.25, 0.3) is 0 Å². The molecular formula is C23H15NO. The van der Waals surface area contributed by atoms with E-state index in [2.05, 4.69) is 41.0 Å². The fourth-order valence-electron chi connectivity index (χ4n) is 3.66. The summed E-state index contributed by atoms with van der Waals surface area (Å²) in [6.45, 7) is 0. The molecule has 25 heavy (non-hydrogen) atoms. The fourth-order valence-corrected chi connectivity index (χ4v) is 3.66. The molecule has 0 atom stereocenters. The third-order valence-corrected chi connectivity index (χ3v) is 4.79. The van der Waals surface area contributed by atoms with Crippen LogP contribution in [0.2, 0.25) is 0 Å². The minimum Gasteiger partial charge on any atom is -0.308 e. The number of hydrogen-bond acceptors (Lipinski definition) is 1. The van der Waals surface area contributed by atoms with Crippen LogP contribution < -0.4 is 5.43 Å². The highest BCUT2D eigenvalue weighted by atomic mass is 16.1. The van der Waals surface area contributed by atoms with Crippen molar-refractivity contribution in [3.63, 3.8) is 0 Å². The molecule has 0 unspecified atom stereocenters. The van der Waals surface area contributed by atoms with Crippen LogP contribution in [0.5, 0.6) is 0 Å². The van der Waals surface area contributed by atoms with E-state index < -0.39 is 0 Å². The maximum atomic E-state index is 12.9. The zero-order chi connectivity index (χ0) is 16.8. The monoisotopic (exact) mass is 321 g/mol. The Bertz CT molecular complexity index is 1250. The van der Waals surface area contributed by atoms with E-state index in [9.17, 15) is 4.79 Å². The molecule has 0 saturated heterocycles. The molecule has 0 aliphatic carbocycles. The second kappa shape index (κ2) is 5.32.